The van der Waals surface area contributed by atoms with Gasteiger partial charge in [-0.1, -0.05) is 5.16 Å². The summed E-state index contributed by atoms with van der Waals surface area (Å²) in [7, 11) is 0. The molecule has 0 aliphatic carbocycles. The van der Waals surface area contributed by atoms with Gasteiger partial charge in [-0.05, 0) is 0 Å². The summed E-state index contributed by atoms with van der Waals surface area (Å²) in [6, 6.07) is 0. The van der Waals surface area contributed by atoms with Gasteiger partial charge in [0.2, 0.25) is 0 Å². The lowest BCUT2D eigenvalue weighted by molar-refractivity contribution is 0.316. The molecule has 5 nitrogen and oxygen atoms in total. The van der Waals surface area contributed by atoms with Crippen LogP contribution in [0.1, 0.15) is 6.42 Å². The van der Waals surface area contributed by atoms with Crippen molar-refractivity contribution in [2.24, 2.45) is 16.0 Å². The standard InChI is InChI=1S/C3H7N3O2/c4-3(6-8)1-2-5-7/h2,7-8H,1H2,(H2,4,6). The third-order valence-corrected chi connectivity index (χ3v) is 0.511. The molecule has 0 bridgehead atoms. The van der Waals surface area contributed by atoms with Crippen LogP contribution in [0.5, 0.6) is 0 Å². The molecule has 0 rings (SSSR count). The molecule has 0 aromatic carbocycles. The predicted molar refractivity (Wildman–Crippen MR) is 28.3 cm³/mol. The van der Waals surface area contributed by atoms with Crippen LogP contribution in [0, 0.1) is 0 Å². The highest BCUT2D eigenvalue weighted by Crippen LogP contribution is 1.71. The van der Waals surface area contributed by atoms with Crippen LogP contribution in [0.3, 0.4) is 0 Å². The molecule has 0 atom stereocenters. The van der Waals surface area contributed by atoms with Crippen molar-refractivity contribution < 1.29 is 10.4 Å². The molecule has 0 saturated carbocycles. The first-order chi connectivity index (χ1) is 3.81. The van der Waals surface area contributed by atoms with Crippen LogP contribution in [-0.2, 0) is 0 Å². The fourth-order valence-corrected chi connectivity index (χ4v) is 0.175. The van der Waals surface area contributed by atoms with Gasteiger partial charge in [-0.2, -0.15) is 0 Å². The van der Waals surface area contributed by atoms with E-state index in [-0.39, 0.29) is 12.3 Å². The Balaban J connectivity index is 3.40. The van der Waals surface area contributed by atoms with Gasteiger partial charge in [0.15, 0.2) is 0 Å². The molecule has 0 amide bonds. The quantitative estimate of drug-likeness (QED) is 0.198. The third-order valence-electron chi connectivity index (χ3n) is 0.511. The van der Waals surface area contributed by atoms with E-state index >= 15 is 0 Å². The largest absolute Gasteiger partial charge is 0.411 e. The monoisotopic (exact) mass is 117 g/mol. The lowest BCUT2D eigenvalue weighted by atomic mass is 10.4. The molecule has 0 aromatic heterocycles. The van der Waals surface area contributed by atoms with Gasteiger partial charge in [-0.25, -0.2) is 0 Å². The van der Waals surface area contributed by atoms with E-state index in [1.165, 1.54) is 0 Å². The summed E-state index contributed by atoms with van der Waals surface area (Å²) >= 11 is 0. The van der Waals surface area contributed by atoms with Gasteiger partial charge in [0.05, 0.1) is 6.21 Å². The van der Waals surface area contributed by atoms with Crippen LogP contribution < -0.4 is 5.73 Å². The second-order valence-electron chi connectivity index (χ2n) is 1.09. The van der Waals surface area contributed by atoms with E-state index < -0.39 is 0 Å². The van der Waals surface area contributed by atoms with Crippen LogP contribution in [0.15, 0.2) is 10.3 Å². The van der Waals surface area contributed by atoms with Crippen molar-refractivity contribution in [3.05, 3.63) is 0 Å². The van der Waals surface area contributed by atoms with Crippen molar-refractivity contribution in [1.82, 2.24) is 0 Å². The summed E-state index contributed by atoms with van der Waals surface area (Å²) in [6.45, 7) is 0. The molecule has 5 heteroatoms. The van der Waals surface area contributed by atoms with Gasteiger partial charge in [-0.3, -0.25) is 0 Å². The Labute approximate surface area is 46.1 Å². The van der Waals surface area contributed by atoms with Crippen molar-refractivity contribution >= 4 is 12.1 Å². The Bertz CT molecular complexity index is 109. The van der Waals surface area contributed by atoms with E-state index in [2.05, 4.69) is 10.3 Å². The summed E-state index contributed by atoms with van der Waals surface area (Å²) < 4.78 is 0. The number of oxime groups is 2. The smallest absolute Gasteiger partial charge is 0.144 e. The zero-order valence-electron chi connectivity index (χ0n) is 4.15. The Kier molecular flexibility index (Phi) is 3.30. The van der Waals surface area contributed by atoms with Crippen LogP contribution in [-0.4, -0.2) is 22.5 Å². The molecule has 0 aliphatic heterocycles. The van der Waals surface area contributed by atoms with Gasteiger partial charge in [0.1, 0.15) is 5.84 Å². The first kappa shape index (κ1) is 6.74. The van der Waals surface area contributed by atoms with Crippen LogP contribution in [0.25, 0.3) is 0 Å². The van der Waals surface area contributed by atoms with Crippen molar-refractivity contribution in [3.8, 4) is 0 Å². The number of nitrogens with zero attached hydrogens (tertiary/aromatic N) is 2. The van der Waals surface area contributed by atoms with E-state index in [0.29, 0.717) is 0 Å². The Morgan fingerprint density at radius 1 is 1.62 bits per heavy atom. The minimum Gasteiger partial charge on any atom is -0.411 e. The number of nitrogens with two attached hydrogens (primary N) is 1. The maximum atomic E-state index is 7.88. The first-order valence-electron chi connectivity index (χ1n) is 1.93. The average molecular weight is 117 g/mol. The van der Waals surface area contributed by atoms with Gasteiger partial charge in [0.25, 0.3) is 0 Å². The summed E-state index contributed by atoms with van der Waals surface area (Å²) in [5.74, 6) is 0.0165. The van der Waals surface area contributed by atoms with Crippen molar-refractivity contribution in [2.45, 2.75) is 6.42 Å². The normalized spacial score (nSPS) is 12.8. The van der Waals surface area contributed by atoms with Crippen molar-refractivity contribution in [2.75, 3.05) is 0 Å². The molecule has 0 radical (unpaired) electrons. The molecular weight excluding hydrogens is 110 g/mol. The molecule has 46 valence electrons. The third kappa shape index (κ3) is 2.95. The maximum Gasteiger partial charge on any atom is 0.144 e. The highest BCUT2D eigenvalue weighted by molar-refractivity contribution is 5.91. The average Bonchev–Trinajstić information content (AvgIpc) is 1.83. The highest BCUT2D eigenvalue weighted by Gasteiger charge is 1.84. The minimum absolute atomic E-state index is 0.0165. The molecule has 0 heterocycles. The predicted octanol–water partition coefficient (Wildman–Crippen LogP) is -0.417. The van der Waals surface area contributed by atoms with E-state index in [1.807, 2.05) is 0 Å². The number of rotatable bonds is 2. The molecule has 0 aromatic rings. The molecule has 0 saturated heterocycles. The molecule has 0 fully saturated rings. The van der Waals surface area contributed by atoms with Crippen LogP contribution >= 0.6 is 0 Å². The molecule has 0 spiro atoms. The van der Waals surface area contributed by atoms with Crippen LogP contribution in [0.2, 0.25) is 0 Å². The summed E-state index contributed by atoms with van der Waals surface area (Å²) in [5.41, 5.74) is 4.96. The second-order valence-corrected chi connectivity index (χ2v) is 1.09. The van der Waals surface area contributed by atoms with Crippen molar-refractivity contribution in [3.63, 3.8) is 0 Å². The maximum absolute atomic E-state index is 7.88. The fourth-order valence-electron chi connectivity index (χ4n) is 0.175. The summed E-state index contributed by atoms with van der Waals surface area (Å²) in [4.78, 5) is 0. The van der Waals surface area contributed by atoms with E-state index in [0.717, 1.165) is 6.21 Å². The molecule has 8 heavy (non-hydrogen) atoms. The second kappa shape index (κ2) is 3.91. The Hall–Kier alpha value is -1.26. The zero-order chi connectivity index (χ0) is 6.41. The topological polar surface area (TPSA) is 91.2 Å². The summed E-state index contributed by atoms with van der Waals surface area (Å²) in [5, 5.41) is 20.9. The van der Waals surface area contributed by atoms with E-state index in [9.17, 15) is 0 Å². The van der Waals surface area contributed by atoms with Crippen LogP contribution in [0.4, 0.5) is 0 Å². The number of hydrogen-bond donors (Lipinski definition) is 3. The van der Waals surface area contributed by atoms with Gasteiger partial charge in [0, 0.05) is 6.42 Å². The van der Waals surface area contributed by atoms with Gasteiger partial charge >= 0.3 is 0 Å². The molecule has 0 unspecified atom stereocenters. The van der Waals surface area contributed by atoms with E-state index in [1.54, 1.807) is 0 Å². The Morgan fingerprint density at radius 3 is 2.62 bits per heavy atom. The highest BCUT2D eigenvalue weighted by atomic mass is 16.4. The molecule has 4 N–H and O–H groups in total. The first-order valence-corrected chi connectivity index (χ1v) is 1.93. The van der Waals surface area contributed by atoms with Crippen molar-refractivity contribution in [1.29, 1.82) is 0 Å². The number of amidine groups is 1. The van der Waals surface area contributed by atoms with Gasteiger partial charge in [-0.15, -0.1) is 5.16 Å². The minimum atomic E-state index is 0.0165. The van der Waals surface area contributed by atoms with E-state index in [4.69, 9.17) is 16.1 Å². The SMILES string of the molecule is NC(CC=NO)=NO. The Morgan fingerprint density at radius 2 is 2.25 bits per heavy atom. The molecular formula is C3H7N3O2. The number of hydrogen-bond acceptors (Lipinski definition) is 4. The van der Waals surface area contributed by atoms with Gasteiger partial charge < -0.3 is 16.1 Å². The lowest BCUT2D eigenvalue weighted by Crippen LogP contribution is -2.11. The molecule has 0 aliphatic rings. The summed E-state index contributed by atoms with van der Waals surface area (Å²) in [6.07, 6.45) is 1.28. The fraction of sp³-hybridized carbons (Fsp3) is 0.333. The lowest BCUT2D eigenvalue weighted by Gasteiger charge is -1.85. The zero-order valence-corrected chi connectivity index (χ0v) is 4.15.